The fourth-order valence-corrected chi connectivity index (χ4v) is 2.60. The van der Waals surface area contributed by atoms with Crippen LogP contribution in [0.4, 0.5) is 10.1 Å². The Balaban J connectivity index is 2.39. The van der Waals surface area contributed by atoms with E-state index in [0.717, 1.165) is 6.07 Å². The second-order valence-electron chi connectivity index (χ2n) is 3.93. The van der Waals surface area contributed by atoms with Crippen LogP contribution in [0.3, 0.4) is 0 Å². The third-order valence-electron chi connectivity index (χ3n) is 2.60. The van der Waals surface area contributed by atoms with Crippen LogP contribution in [0, 0.1) is 17.1 Å². The number of nitriles is 1. The molecule has 1 aromatic carbocycles. The Hall–Kier alpha value is -2.40. The topological polar surface area (TPSA) is 98.6 Å². The van der Waals surface area contributed by atoms with Crippen molar-refractivity contribution in [3.8, 4) is 6.07 Å². The maximum atomic E-state index is 13.4. The summed E-state index contributed by atoms with van der Waals surface area (Å²) in [5.74, 6) is -0.267. The molecule has 0 radical (unpaired) electrons. The number of benzene rings is 1. The van der Waals surface area contributed by atoms with E-state index >= 15 is 0 Å². The number of halogens is 1. The average molecular weight is 294 g/mol. The van der Waals surface area contributed by atoms with Gasteiger partial charge in [0.2, 0.25) is 0 Å². The Labute approximate surface area is 115 Å². The number of sulfonamides is 1. The molecule has 0 unspecified atom stereocenters. The molecule has 104 valence electrons. The predicted octanol–water partition coefficient (Wildman–Crippen LogP) is 1.78. The van der Waals surface area contributed by atoms with Crippen molar-refractivity contribution < 1.29 is 12.8 Å². The molecular formula is C12H11FN4O2S. The standard InChI is InChI=1S/C12H11FN4O2S/c1-2-11-15-7-12(16-11)20(18,19)17-10-5-3-4-9(13)8(10)6-14/h3-5,7,17H,2H2,1H3,(H,15,16). The number of aryl methyl sites for hydroxylation is 1. The first-order chi connectivity index (χ1) is 9.47. The van der Waals surface area contributed by atoms with Gasteiger partial charge in [0.25, 0.3) is 10.0 Å². The van der Waals surface area contributed by atoms with Crippen molar-refractivity contribution in [2.24, 2.45) is 0 Å². The summed E-state index contributed by atoms with van der Waals surface area (Å²) in [7, 11) is -3.94. The van der Waals surface area contributed by atoms with Gasteiger partial charge in [-0.15, -0.1) is 0 Å². The summed E-state index contributed by atoms with van der Waals surface area (Å²) in [6.07, 6.45) is 1.73. The molecular weight excluding hydrogens is 283 g/mol. The number of hydrogen-bond acceptors (Lipinski definition) is 4. The van der Waals surface area contributed by atoms with Gasteiger partial charge < -0.3 is 4.98 Å². The first-order valence-electron chi connectivity index (χ1n) is 5.73. The van der Waals surface area contributed by atoms with Crippen LogP contribution >= 0.6 is 0 Å². The van der Waals surface area contributed by atoms with E-state index in [1.165, 1.54) is 18.3 Å². The smallest absolute Gasteiger partial charge is 0.279 e. The van der Waals surface area contributed by atoms with Gasteiger partial charge in [0.15, 0.2) is 5.03 Å². The van der Waals surface area contributed by atoms with Crippen LogP contribution in [-0.4, -0.2) is 18.4 Å². The number of anilines is 1. The lowest BCUT2D eigenvalue weighted by Gasteiger charge is -2.08. The fourth-order valence-electron chi connectivity index (χ4n) is 1.58. The first-order valence-corrected chi connectivity index (χ1v) is 7.21. The zero-order valence-corrected chi connectivity index (χ0v) is 11.3. The Kier molecular flexibility index (Phi) is 3.72. The predicted molar refractivity (Wildman–Crippen MR) is 69.9 cm³/mol. The molecule has 0 amide bonds. The highest BCUT2D eigenvalue weighted by atomic mass is 32.2. The molecule has 2 N–H and O–H groups in total. The van der Waals surface area contributed by atoms with Crippen LogP contribution in [0.25, 0.3) is 0 Å². The molecule has 2 aromatic rings. The van der Waals surface area contributed by atoms with Crippen molar-refractivity contribution in [3.05, 3.63) is 41.6 Å². The van der Waals surface area contributed by atoms with Gasteiger partial charge in [0.05, 0.1) is 11.9 Å². The van der Waals surface area contributed by atoms with Gasteiger partial charge in [-0.2, -0.15) is 13.7 Å². The van der Waals surface area contributed by atoms with E-state index in [9.17, 15) is 12.8 Å². The Morgan fingerprint density at radius 3 is 2.85 bits per heavy atom. The van der Waals surface area contributed by atoms with Gasteiger partial charge in [-0.1, -0.05) is 13.0 Å². The Bertz CT molecular complexity index is 777. The van der Waals surface area contributed by atoms with E-state index in [1.54, 1.807) is 6.07 Å². The van der Waals surface area contributed by atoms with Crippen LogP contribution in [0.1, 0.15) is 18.3 Å². The molecule has 1 aromatic heterocycles. The highest BCUT2D eigenvalue weighted by Crippen LogP contribution is 2.21. The number of nitrogens with one attached hydrogen (secondary N) is 2. The maximum absolute atomic E-state index is 13.4. The lowest BCUT2D eigenvalue weighted by atomic mass is 10.2. The Morgan fingerprint density at radius 1 is 1.50 bits per heavy atom. The summed E-state index contributed by atoms with van der Waals surface area (Å²) >= 11 is 0. The summed E-state index contributed by atoms with van der Waals surface area (Å²) in [6, 6.07) is 5.35. The Morgan fingerprint density at radius 2 is 2.25 bits per heavy atom. The second-order valence-corrected chi connectivity index (χ2v) is 5.58. The molecule has 0 bridgehead atoms. The minimum Gasteiger partial charge on any atom is -0.332 e. The number of rotatable bonds is 4. The van der Waals surface area contributed by atoms with Gasteiger partial charge in [0, 0.05) is 6.42 Å². The minimum atomic E-state index is -3.94. The van der Waals surface area contributed by atoms with Gasteiger partial charge in [-0.25, -0.2) is 9.37 Å². The molecule has 1 heterocycles. The molecule has 0 atom stereocenters. The van der Waals surface area contributed by atoms with Gasteiger partial charge in [0.1, 0.15) is 23.3 Å². The SMILES string of the molecule is CCc1ncc(S(=O)(=O)Nc2cccc(F)c2C#N)[nH]1. The number of imidazole rings is 1. The normalized spacial score (nSPS) is 11.1. The van der Waals surface area contributed by atoms with Gasteiger partial charge in [-0.05, 0) is 12.1 Å². The van der Waals surface area contributed by atoms with Crippen molar-refractivity contribution in [2.45, 2.75) is 18.4 Å². The summed E-state index contributed by atoms with van der Waals surface area (Å²) in [6.45, 7) is 1.82. The third kappa shape index (κ3) is 2.62. The molecule has 0 saturated heterocycles. The van der Waals surface area contributed by atoms with Crippen LogP contribution in [-0.2, 0) is 16.4 Å². The zero-order valence-electron chi connectivity index (χ0n) is 10.5. The number of hydrogen-bond donors (Lipinski definition) is 2. The van der Waals surface area contributed by atoms with Gasteiger partial charge in [-0.3, -0.25) is 4.72 Å². The molecule has 0 aliphatic rings. The molecule has 0 aliphatic heterocycles. The van der Waals surface area contributed by atoms with Crippen LogP contribution in [0.2, 0.25) is 0 Å². The van der Waals surface area contributed by atoms with Crippen LogP contribution in [0.15, 0.2) is 29.4 Å². The van der Waals surface area contributed by atoms with Crippen molar-refractivity contribution in [1.29, 1.82) is 5.26 Å². The maximum Gasteiger partial charge on any atom is 0.279 e. The lowest BCUT2D eigenvalue weighted by Crippen LogP contribution is -2.14. The average Bonchev–Trinajstić information content (AvgIpc) is 2.88. The number of aromatic nitrogens is 2. The van der Waals surface area contributed by atoms with Crippen LogP contribution in [0.5, 0.6) is 0 Å². The third-order valence-corrected chi connectivity index (χ3v) is 3.87. The zero-order chi connectivity index (χ0) is 14.8. The second kappa shape index (κ2) is 5.30. The number of H-pyrrole nitrogens is 1. The van der Waals surface area contributed by atoms with Crippen molar-refractivity contribution in [3.63, 3.8) is 0 Å². The lowest BCUT2D eigenvalue weighted by molar-refractivity contribution is 0.597. The van der Waals surface area contributed by atoms with E-state index in [2.05, 4.69) is 14.7 Å². The molecule has 8 heteroatoms. The molecule has 2 rings (SSSR count). The summed E-state index contributed by atoms with van der Waals surface area (Å²) in [4.78, 5) is 6.53. The fraction of sp³-hybridized carbons (Fsp3) is 0.167. The number of aromatic amines is 1. The number of nitrogens with zero attached hydrogens (tertiary/aromatic N) is 2. The summed E-state index contributed by atoms with van der Waals surface area (Å²) in [5, 5.41) is 8.73. The van der Waals surface area contributed by atoms with E-state index in [4.69, 9.17) is 5.26 Å². The summed E-state index contributed by atoms with van der Waals surface area (Å²) in [5.41, 5.74) is -0.466. The molecule has 0 fully saturated rings. The molecule has 20 heavy (non-hydrogen) atoms. The van der Waals surface area contributed by atoms with Crippen molar-refractivity contribution in [1.82, 2.24) is 9.97 Å². The minimum absolute atomic E-state index is 0.111. The van der Waals surface area contributed by atoms with Gasteiger partial charge >= 0.3 is 0 Å². The molecule has 6 nitrogen and oxygen atoms in total. The molecule has 0 spiro atoms. The molecule has 0 saturated carbocycles. The monoisotopic (exact) mass is 294 g/mol. The first kappa shape index (κ1) is 14.0. The van der Waals surface area contributed by atoms with E-state index in [1.807, 2.05) is 6.92 Å². The van der Waals surface area contributed by atoms with E-state index in [0.29, 0.717) is 12.2 Å². The largest absolute Gasteiger partial charge is 0.332 e. The highest BCUT2D eigenvalue weighted by Gasteiger charge is 2.19. The highest BCUT2D eigenvalue weighted by molar-refractivity contribution is 7.92. The van der Waals surface area contributed by atoms with E-state index in [-0.39, 0.29) is 16.3 Å². The molecule has 0 aliphatic carbocycles. The quantitative estimate of drug-likeness (QED) is 0.898. The van der Waals surface area contributed by atoms with Crippen molar-refractivity contribution >= 4 is 15.7 Å². The van der Waals surface area contributed by atoms with Crippen molar-refractivity contribution in [2.75, 3.05) is 4.72 Å². The summed E-state index contributed by atoms with van der Waals surface area (Å²) < 4.78 is 39.8. The van der Waals surface area contributed by atoms with E-state index < -0.39 is 15.8 Å². The van der Waals surface area contributed by atoms with Crippen LogP contribution < -0.4 is 4.72 Å².